The highest BCUT2D eigenvalue weighted by atomic mass is 14.9. The average molecular weight is 245 g/mol. The lowest BCUT2D eigenvalue weighted by molar-refractivity contribution is 0.475. The quantitative estimate of drug-likeness (QED) is 0.834. The molecule has 0 radical (unpaired) electrons. The third-order valence-electron chi connectivity index (χ3n) is 4.16. The molecule has 1 aromatic carbocycles. The Labute approximate surface area is 112 Å². The van der Waals surface area contributed by atoms with E-state index in [0.29, 0.717) is 6.04 Å². The molecule has 18 heavy (non-hydrogen) atoms. The van der Waals surface area contributed by atoms with Gasteiger partial charge in [-0.2, -0.15) is 0 Å². The van der Waals surface area contributed by atoms with E-state index in [4.69, 9.17) is 0 Å². The van der Waals surface area contributed by atoms with Gasteiger partial charge in [-0.15, -0.1) is 0 Å². The Morgan fingerprint density at radius 3 is 2.17 bits per heavy atom. The molecule has 0 aliphatic heterocycles. The van der Waals surface area contributed by atoms with Crippen molar-refractivity contribution in [2.45, 2.75) is 52.5 Å². The Morgan fingerprint density at radius 2 is 1.78 bits per heavy atom. The second-order valence-corrected chi connectivity index (χ2v) is 6.78. The summed E-state index contributed by atoms with van der Waals surface area (Å²) in [6.45, 7) is 12.4. The molecule has 1 aromatic rings. The van der Waals surface area contributed by atoms with Crippen molar-refractivity contribution in [2.75, 3.05) is 6.54 Å². The number of hydrogen-bond acceptors (Lipinski definition) is 1. The zero-order valence-electron chi connectivity index (χ0n) is 12.5. The fourth-order valence-corrected chi connectivity index (χ4v) is 2.74. The summed E-state index contributed by atoms with van der Waals surface area (Å²) < 4.78 is 0. The van der Waals surface area contributed by atoms with Crippen LogP contribution >= 0.6 is 0 Å². The van der Waals surface area contributed by atoms with Crippen molar-refractivity contribution in [3.8, 4) is 0 Å². The van der Waals surface area contributed by atoms with E-state index >= 15 is 0 Å². The highest BCUT2D eigenvalue weighted by molar-refractivity contribution is 5.30. The summed E-state index contributed by atoms with van der Waals surface area (Å²) in [6, 6.07) is 9.79. The lowest BCUT2D eigenvalue weighted by Crippen LogP contribution is -2.23. The van der Waals surface area contributed by atoms with Gasteiger partial charge in [-0.3, -0.25) is 0 Å². The number of rotatable bonds is 4. The van der Waals surface area contributed by atoms with Gasteiger partial charge < -0.3 is 5.32 Å². The zero-order valence-corrected chi connectivity index (χ0v) is 12.5. The van der Waals surface area contributed by atoms with Crippen molar-refractivity contribution in [1.82, 2.24) is 5.32 Å². The molecule has 1 saturated carbocycles. The second-order valence-electron chi connectivity index (χ2n) is 6.78. The van der Waals surface area contributed by atoms with Gasteiger partial charge in [0, 0.05) is 6.04 Å². The molecule has 1 fully saturated rings. The Balaban J connectivity index is 2.16. The fraction of sp³-hybridized carbons (Fsp3) is 0.647. The van der Waals surface area contributed by atoms with Crippen molar-refractivity contribution >= 4 is 0 Å². The molecule has 0 bridgehead atoms. The summed E-state index contributed by atoms with van der Waals surface area (Å²) in [5, 5.41) is 3.65. The normalized spacial score (nSPS) is 24.9. The molecule has 3 atom stereocenters. The third kappa shape index (κ3) is 2.95. The summed E-state index contributed by atoms with van der Waals surface area (Å²) in [5.74, 6) is 1.72. The molecule has 1 N–H and O–H groups in total. The van der Waals surface area contributed by atoms with Crippen LogP contribution in [-0.4, -0.2) is 6.54 Å². The summed E-state index contributed by atoms with van der Waals surface area (Å²) in [7, 11) is 0. The van der Waals surface area contributed by atoms with E-state index in [-0.39, 0.29) is 5.41 Å². The van der Waals surface area contributed by atoms with Crippen LogP contribution in [0.15, 0.2) is 24.3 Å². The lowest BCUT2D eigenvalue weighted by atomic mass is 9.86. The van der Waals surface area contributed by atoms with Gasteiger partial charge in [-0.25, -0.2) is 0 Å². The summed E-state index contributed by atoms with van der Waals surface area (Å²) in [6.07, 6.45) is 1.37. The Hall–Kier alpha value is -0.820. The monoisotopic (exact) mass is 245 g/mol. The summed E-state index contributed by atoms with van der Waals surface area (Å²) in [4.78, 5) is 0. The van der Waals surface area contributed by atoms with Crippen molar-refractivity contribution in [3.05, 3.63) is 35.4 Å². The molecule has 0 amide bonds. The first kappa shape index (κ1) is 13.6. The van der Waals surface area contributed by atoms with E-state index in [9.17, 15) is 0 Å². The molecule has 0 heterocycles. The largest absolute Gasteiger partial charge is 0.310 e. The molecule has 0 aromatic heterocycles. The summed E-state index contributed by atoms with van der Waals surface area (Å²) >= 11 is 0. The summed E-state index contributed by atoms with van der Waals surface area (Å²) in [5.41, 5.74) is 3.13. The molecule has 0 saturated heterocycles. The Morgan fingerprint density at radius 1 is 1.22 bits per heavy atom. The van der Waals surface area contributed by atoms with Crippen LogP contribution in [0.4, 0.5) is 0 Å². The van der Waals surface area contributed by atoms with Gasteiger partial charge in [0.2, 0.25) is 0 Å². The van der Waals surface area contributed by atoms with Gasteiger partial charge in [-0.05, 0) is 41.3 Å². The second kappa shape index (κ2) is 5.05. The first-order valence-corrected chi connectivity index (χ1v) is 7.27. The first-order chi connectivity index (χ1) is 8.43. The van der Waals surface area contributed by atoms with E-state index in [1.165, 1.54) is 17.5 Å². The van der Waals surface area contributed by atoms with E-state index in [2.05, 4.69) is 64.2 Å². The molecule has 1 nitrogen and oxygen atoms in total. The van der Waals surface area contributed by atoms with Crippen LogP contribution in [0, 0.1) is 11.8 Å². The van der Waals surface area contributed by atoms with E-state index < -0.39 is 0 Å². The highest BCUT2D eigenvalue weighted by Gasteiger charge is 2.39. The maximum atomic E-state index is 3.65. The molecule has 0 spiro atoms. The molecular weight excluding hydrogens is 218 g/mol. The SMILES string of the molecule is CCNC(c1ccc(C(C)(C)C)cc1)C1CC1C. The minimum absolute atomic E-state index is 0.249. The minimum atomic E-state index is 0.249. The standard InChI is InChI=1S/C17H27N/c1-6-18-16(15-11-12(15)2)13-7-9-14(10-8-13)17(3,4)5/h7-10,12,15-16,18H,6,11H2,1-5H3. The number of nitrogens with one attached hydrogen (secondary N) is 1. The van der Waals surface area contributed by atoms with Gasteiger partial charge in [0.25, 0.3) is 0 Å². The molecule has 3 unspecified atom stereocenters. The van der Waals surface area contributed by atoms with Crippen LogP contribution in [0.2, 0.25) is 0 Å². The smallest absolute Gasteiger partial charge is 0.0351 e. The van der Waals surface area contributed by atoms with Crippen molar-refractivity contribution in [2.24, 2.45) is 11.8 Å². The van der Waals surface area contributed by atoms with E-state index in [1.54, 1.807) is 0 Å². The van der Waals surface area contributed by atoms with Gasteiger partial charge in [0.05, 0.1) is 0 Å². The van der Waals surface area contributed by atoms with E-state index in [1.807, 2.05) is 0 Å². The van der Waals surface area contributed by atoms with Crippen LogP contribution in [0.3, 0.4) is 0 Å². The molecule has 2 rings (SSSR count). The van der Waals surface area contributed by atoms with E-state index in [0.717, 1.165) is 18.4 Å². The van der Waals surface area contributed by atoms with Gasteiger partial charge in [0.15, 0.2) is 0 Å². The predicted octanol–water partition coefficient (Wildman–Crippen LogP) is 4.29. The van der Waals surface area contributed by atoms with Gasteiger partial charge in [-0.1, -0.05) is 58.9 Å². The van der Waals surface area contributed by atoms with Crippen molar-refractivity contribution < 1.29 is 0 Å². The number of hydrogen-bond donors (Lipinski definition) is 1. The fourth-order valence-electron chi connectivity index (χ4n) is 2.74. The molecule has 1 heteroatoms. The predicted molar refractivity (Wildman–Crippen MR) is 78.8 cm³/mol. The van der Waals surface area contributed by atoms with Gasteiger partial charge >= 0.3 is 0 Å². The maximum absolute atomic E-state index is 3.65. The Bertz CT molecular complexity index is 385. The molecule has 1 aliphatic rings. The zero-order chi connectivity index (χ0) is 13.3. The minimum Gasteiger partial charge on any atom is -0.310 e. The molecule has 1 aliphatic carbocycles. The maximum Gasteiger partial charge on any atom is 0.0351 e. The lowest BCUT2D eigenvalue weighted by Gasteiger charge is -2.22. The van der Waals surface area contributed by atoms with Crippen molar-refractivity contribution in [1.29, 1.82) is 0 Å². The first-order valence-electron chi connectivity index (χ1n) is 7.27. The van der Waals surface area contributed by atoms with Crippen LogP contribution in [0.5, 0.6) is 0 Å². The van der Waals surface area contributed by atoms with Gasteiger partial charge in [0.1, 0.15) is 0 Å². The topological polar surface area (TPSA) is 12.0 Å². The number of benzene rings is 1. The van der Waals surface area contributed by atoms with Crippen LogP contribution < -0.4 is 5.32 Å². The Kier molecular flexibility index (Phi) is 3.82. The molecular formula is C17H27N. The molecule has 100 valence electrons. The van der Waals surface area contributed by atoms with Crippen molar-refractivity contribution in [3.63, 3.8) is 0 Å². The van der Waals surface area contributed by atoms with Crippen LogP contribution in [0.25, 0.3) is 0 Å². The van der Waals surface area contributed by atoms with Crippen LogP contribution in [-0.2, 0) is 5.41 Å². The van der Waals surface area contributed by atoms with Crippen LogP contribution in [0.1, 0.15) is 58.2 Å². The average Bonchev–Trinajstić information content (AvgIpc) is 3.02. The third-order valence-corrected chi connectivity index (χ3v) is 4.16. The highest BCUT2D eigenvalue weighted by Crippen LogP contribution is 2.47.